The van der Waals surface area contributed by atoms with Crippen LogP contribution in [-0.4, -0.2) is 30.3 Å². The fourth-order valence-electron chi connectivity index (χ4n) is 4.72. The predicted molar refractivity (Wildman–Crippen MR) is 158 cm³/mol. The van der Waals surface area contributed by atoms with Crippen LogP contribution in [0.25, 0.3) is 11.1 Å². The summed E-state index contributed by atoms with van der Waals surface area (Å²) in [6.07, 6.45) is 3.50. The normalized spacial score (nSPS) is 17.2. The third-order valence-electron chi connectivity index (χ3n) is 6.55. The summed E-state index contributed by atoms with van der Waals surface area (Å²) >= 11 is 3.85. The van der Waals surface area contributed by atoms with E-state index in [-0.39, 0.29) is 34.9 Å². The molecule has 6 nitrogen and oxygen atoms in total. The predicted octanol–water partition coefficient (Wildman–Crippen LogP) is 5.52. The molecule has 0 aliphatic heterocycles. The van der Waals surface area contributed by atoms with Crippen LogP contribution in [0.3, 0.4) is 0 Å². The number of carbonyl (C=O) groups excluding carboxylic acids is 3. The SMILES string of the molecule is NC(=O)c1c(I)cc(C(=O)N[C@H]2CCC[C@@H](CNC(=O)c3ccccc3)C2)cc1-c1cccc(I)c1F. The van der Waals surface area contributed by atoms with Crippen LogP contribution in [0.2, 0.25) is 0 Å². The van der Waals surface area contributed by atoms with Gasteiger partial charge in [0.2, 0.25) is 5.91 Å². The molecule has 2 atom stereocenters. The molecule has 9 heteroatoms. The van der Waals surface area contributed by atoms with Crippen LogP contribution in [0.5, 0.6) is 0 Å². The van der Waals surface area contributed by atoms with Crippen molar-refractivity contribution < 1.29 is 18.8 Å². The van der Waals surface area contributed by atoms with Crippen molar-refractivity contribution in [3.05, 3.63) is 90.3 Å². The molecule has 192 valence electrons. The highest BCUT2D eigenvalue weighted by molar-refractivity contribution is 14.1. The summed E-state index contributed by atoms with van der Waals surface area (Å²) < 4.78 is 15.8. The van der Waals surface area contributed by atoms with E-state index < -0.39 is 11.7 Å². The monoisotopic (exact) mass is 725 g/mol. The Morgan fingerprint density at radius 2 is 1.65 bits per heavy atom. The Morgan fingerprint density at radius 3 is 2.38 bits per heavy atom. The van der Waals surface area contributed by atoms with Gasteiger partial charge >= 0.3 is 0 Å². The number of nitrogens with two attached hydrogens (primary N) is 1. The molecular weight excluding hydrogens is 699 g/mol. The number of hydrogen-bond acceptors (Lipinski definition) is 3. The molecule has 3 aromatic carbocycles. The van der Waals surface area contributed by atoms with E-state index in [1.165, 1.54) is 6.07 Å². The number of benzene rings is 3. The third-order valence-corrected chi connectivity index (χ3v) is 8.23. The molecule has 3 amide bonds. The van der Waals surface area contributed by atoms with Gasteiger partial charge in [0.25, 0.3) is 11.8 Å². The van der Waals surface area contributed by atoms with Crippen molar-refractivity contribution in [3.8, 4) is 11.1 Å². The lowest BCUT2D eigenvalue weighted by Gasteiger charge is -2.30. The molecular formula is C28H26FI2N3O3. The van der Waals surface area contributed by atoms with Crippen molar-refractivity contribution >= 4 is 62.9 Å². The Hall–Kier alpha value is -2.54. The highest BCUT2D eigenvalue weighted by Gasteiger charge is 2.26. The smallest absolute Gasteiger partial charge is 0.251 e. The van der Waals surface area contributed by atoms with E-state index in [1.54, 1.807) is 36.4 Å². The fraction of sp³-hybridized carbons (Fsp3) is 0.250. The van der Waals surface area contributed by atoms with Gasteiger partial charge in [0, 0.05) is 36.4 Å². The largest absolute Gasteiger partial charge is 0.366 e. The van der Waals surface area contributed by atoms with Gasteiger partial charge in [-0.15, -0.1) is 0 Å². The zero-order valence-corrected chi connectivity index (χ0v) is 24.2. The summed E-state index contributed by atoms with van der Waals surface area (Å²) in [7, 11) is 0. The Kier molecular flexibility index (Phi) is 9.17. The first-order valence-electron chi connectivity index (χ1n) is 12.0. The standard InChI is InChI=1S/C28H26FI2N3O3/c29-25-20(10-5-11-22(25)30)21-13-18(14-23(31)24(21)26(32)35)28(37)34-19-9-4-6-16(12-19)15-33-27(36)17-7-2-1-3-8-17/h1-3,5,7-8,10-11,13-14,16,19H,4,6,9,12,15H2,(H2,32,35)(H,33,36)(H,34,37)/t16-,19+/m1/s1. The van der Waals surface area contributed by atoms with Crippen LogP contribution in [0.4, 0.5) is 4.39 Å². The molecule has 0 radical (unpaired) electrons. The van der Waals surface area contributed by atoms with E-state index in [0.717, 1.165) is 25.7 Å². The van der Waals surface area contributed by atoms with E-state index in [9.17, 15) is 18.8 Å². The molecule has 3 aromatic rings. The summed E-state index contributed by atoms with van der Waals surface area (Å²) in [5.41, 5.74) is 7.28. The third kappa shape index (κ3) is 6.67. The number of hydrogen-bond donors (Lipinski definition) is 3. The molecule has 1 fully saturated rings. The lowest BCUT2D eigenvalue weighted by atomic mass is 9.85. The molecule has 0 heterocycles. The van der Waals surface area contributed by atoms with Gasteiger partial charge in [0.1, 0.15) is 5.82 Å². The summed E-state index contributed by atoms with van der Waals surface area (Å²) in [5.74, 6) is -1.30. The van der Waals surface area contributed by atoms with Crippen LogP contribution in [0.15, 0.2) is 60.7 Å². The molecule has 1 aliphatic carbocycles. The highest BCUT2D eigenvalue weighted by atomic mass is 127. The fourth-order valence-corrected chi connectivity index (χ4v) is 6.11. The van der Waals surface area contributed by atoms with Crippen molar-refractivity contribution in [2.45, 2.75) is 31.7 Å². The zero-order chi connectivity index (χ0) is 26.5. The second-order valence-electron chi connectivity index (χ2n) is 9.13. The topological polar surface area (TPSA) is 101 Å². The van der Waals surface area contributed by atoms with E-state index in [1.807, 2.05) is 63.4 Å². The van der Waals surface area contributed by atoms with Crippen LogP contribution in [0.1, 0.15) is 56.8 Å². The first-order chi connectivity index (χ1) is 17.7. The zero-order valence-electron chi connectivity index (χ0n) is 19.9. The number of nitrogens with one attached hydrogen (secondary N) is 2. The van der Waals surface area contributed by atoms with Crippen LogP contribution in [0, 0.1) is 18.9 Å². The van der Waals surface area contributed by atoms with Gasteiger partial charge in [-0.25, -0.2) is 4.39 Å². The molecule has 1 aliphatic rings. The second-order valence-corrected chi connectivity index (χ2v) is 11.4. The van der Waals surface area contributed by atoms with Gasteiger partial charge in [-0.1, -0.05) is 36.8 Å². The van der Waals surface area contributed by atoms with Crippen LogP contribution in [-0.2, 0) is 0 Å². The minimum atomic E-state index is -0.683. The molecule has 1 saturated carbocycles. The van der Waals surface area contributed by atoms with Gasteiger partial charge < -0.3 is 16.4 Å². The Morgan fingerprint density at radius 1 is 0.892 bits per heavy atom. The van der Waals surface area contributed by atoms with Gasteiger partial charge in [0.05, 0.1) is 5.56 Å². The van der Waals surface area contributed by atoms with Crippen molar-refractivity contribution in [2.75, 3.05) is 6.54 Å². The molecule has 4 N–H and O–H groups in total. The molecule has 37 heavy (non-hydrogen) atoms. The molecule has 4 rings (SSSR count). The molecule has 0 spiro atoms. The number of rotatable bonds is 7. The Bertz CT molecular complexity index is 1330. The molecule has 0 unspecified atom stereocenters. The average Bonchev–Trinajstić information content (AvgIpc) is 2.89. The van der Waals surface area contributed by atoms with Crippen LogP contribution >= 0.6 is 45.2 Å². The molecule has 0 aromatic heterocycles. The quantitative estimate of drug-likeness (QED) is 0.280. The van der Waals surface area contributed by atoms with Gasteiger partial charge in [0.15, 0.2) is 0 Å². The van der Waals surface area contributed by atoms with Gasteiger partial charge in [-0.3, -0.25) is 14.4 Å². The minimum absolute atomic E-state index is 0.0498. The van der Waals surface area contributed by atoms with Crippen molar-refractivity contribution in [2.24, 2.45) is 11.7 Å². The first-order valence-corrected chi connectivity index (χ1v) is 14.1. The molecule has 0 bridgehead atoms. The summed E-state index contributed by atoms with van der Waals surface area (Å²) in [4.78, 5) is 37.8. The number of halogens is 3. The Balaban J connectivity index is 1.48. The van der Waals surface area contributed by atoms with E-state index in [0.29, 0.717) is 30.4 Å². The maximum Gasteiger partial charge on any atom is 0.251 e. The summed E-state index contributed by atoms with van der Waals surface area (Å²) in [6, 6.07) is 17.1. The van der Waals surface area contributed by atoms with E-state index >= 15 is 0 Å². The lowest BCUT2D eigenvalue weighted by molar-refractivity contribution is 0.0901. The van der Waals surface area contributed by atoms with Crippen LogP contribution < -0.4 is 16.4 Å². The highest BCUT2D eigenvalue weighted by Crippen LogP contribution is 2.33. The first kappa shape index (κ1) is 27.5. The van der Waals surface area contributed by atoms with E-state index in [4.69, 9.17) is 5.73 Å². The van der Waals surface area contributed by atoms with Crippen molar-refractivity contribution in [1.29, 1.82) is 0 Å². The summed E-state index contributed by atoms with van der Waals surface area (Å²) in [6.45, 7) is 0.543. The second kappa shape index (κ2) is 12.3. The number of amides is 3. The van der Waals surface area contributed by atoms with Crippen molar-refractivity contribution in [1.82, 2.24) is 10.6 Å². The van der Waals surface area contributed by atoms with Gasteiger partial charge in [-0.2, -0.15) is 0 Å². The number of carbonyl (C=O) groups is 3. The number of primary amides is 1. The molecule has 0 saturated heterocycles. The van der Waals surface area contributed by atoms with Crippen molar-refractivity contribution in [3.63, 3.8) is 0 Å². The van der Waals surface area contributed by atoms with E-state index in [2.05, 4.69) is 10.6 Å². The average molecular weight is 725 g/mol. The Labute approximate surface area is 242 Å². The lowest BCUT2D eigenvalue weighted by Crippen LogP contribution is -2.41. The summed E-state index contributed by atoms with van der Waals surface area (Å²) in [5, 5.41) is 6.10. The minimum Gasteiger partial charge on any atom is -0.366 e. The maximum atomic E-state index is 15.0. The van der Waals surface area contributed by atoms with Gasteiger partial charge in [-0.05, 0) is 106 Å². The maximum absolute atomic E-state index is 15.0.